The van der Waals surface area contributed by atoms with Crippen molar-refractivity contribution in [2.45, 2.75) is 4.90 Å². The van der Waals surface area contributed by atoms with Gasteiger partial charge in [0, 0.05) is 10.7 Å². The van der Waals surface area contributed by atoms with Gasteiger partial charge >= 0.3 is 0 Å². The Hall–Kier alpha value is -0.130. The number of benzene rings is 1. The Bertz CT molecular complexity index is 444. The summed E-state index contributed by atoms with van der Waals surface area (Å²) in [4.78, 5) is -0.396. The zero-order valence-corrected chi connectivity index (χ0v) is 9.67. The Morgan fingerprint density at radius 3 is 2.46 bits per heavy atom. The van der Waals surface area contributed by atoms with Crippen LogP contribution in [0.3, 0.4) is 0 Å². The maximum atomic E-state index is 13.1. The fourth-order valence-corrected chi connectivity index (χ4v) is 2.60. The molecular formula is C7H5BrClFO2S. The van der Waals surface area contributed by atoms with Crippen molar-refractivity contribution in [2.75, 3.05) is 6.26 Å². The first-order valence-electron chi connectivity index (χ1n) is 3.17. The lowest BCUT2D eigenvalue weighted by molar-refractivity contribution is 0.570. The normalized spacial score (nSPS) is 11.7. The van der Waals surface area contributed by atoms with Crippen LogP contribution in [0.4, 0.5) is 4.39 Å². The molecule has 0 aliphatic heterocycles. The first kappa shape index (κ1) is 10.9. The first-order valence-corrected chi connectivity index (χ1v) is 6.23. The van der Waals surface area contributed by atoms with Gasteiger partial charge in [-0.25, -0.2) is 12.8 Å². The molecule has 0 saturated heterocycles. The van der Waals surface area contributed by atoms with Crippen LogP contribution in [-0.4, -0.2) is 14.7 Å². The molecule has 0 spiro atoms. The van der Waals surface area contributed by atoms with E-state index in [1.54, 1.807) is 0 Å². The number of hydrogen-bond acceptors (Lipinski definition) is 2. The maximum Gasteiger partial charge on any atom is 0.178 e. The van der Waals surface area contributed by atoms with Gasteiger partial charge in [0.25, 0.3) is 0 Å². The molecule has 0 aromatic heterocycles. The minimum Gasteiger partial charge on any atom is -0.224 e. The molecule has 0 aliphatic carbocycles. The molecule has 0 saturated carbocycles. The second kappa shape index (κ2) is 3.55. The summed E-state index contributed by atoms with van der Waals surface area (Å²) < 4.78 is 35.7. The van der Waals surface area contributed by atoms with Crippen LogP contribution in [0, 0.1) is 5.82 Å². The van der Waals surface area contributed by atoms with Crippen LogP contribution < -0.4 is 0 Å². The highest BCUT2D eigenvalue weighted by atomic mass is 79.9. The second-order valence-electron chi connectivity index (χ2n) is 2.47. The van der Waals surface area contributed by atoms with Gasteiger partial charge in [0.05, 0.1) is 5.02 Å². The molecule has 0 fully saturated rings. The summed E-state index contributed by atoms with van der Waals surface area (Å²) in [6, 6.07) is 2.47. The van der Waals surface area contributed by atoms with E-state index in [1.807, 2.05) is 0 Å². The summed E-state index contributed by atoms with van der Waals surface area (Å²) >= 11 is 8.48. The van der Waals surface area contributed by atoms with E-state index < -0.39 is 20.5 Å². The molecule has 1 aromatic carbocycles. The molecule has 6 heteroatoms. The Morgan fingerprint density at radius 1 is 1.46 bits per heavy atom. The molecule has 0 amide bonds. The summed E-state index contributed by atoms with van der Waals surface area (Å²) in [5.41, 5.74) is 0. The van der Waals surface area contributed by atoms with E-state index in [9.17, 15) is 12.8 Å². The highest BCUT2D eigenvalue weighted by Gasteiger charge is 2.17. The maximum absolute atomic E-state index is 13.1. The van der Waals surface area contributed by atoms with E-state index >= 15 is 0 Å². The topological polar surface area (TPSA) is 34.1 Å². The lowest BCUT2D eigenvalue weighted by atomic mass is 10.3. The molecule has 0 unspecified atom stereocenters. The third-order valence-corrected chi connectivity index (χ3v) is 3.19. The highest BCUT2D eigenvalue weighted by molar-refractivity contribution is 9.10. The Kier molecular flexibility index (Phi) is 2.99. The monoisotopic (exact) mass is 286 g/mol. The van der Waals surface area contributed by atoms with E-state index in [-0.39, 0.29) is 5.02 Å². The van der Waals surface area contributed by atoms with E-state index in [2.05, 4.69) is 15.9 Å². The molecule has 0 aliphatic rings. The van der Waals surface area contributed by atoms with Gasteiger partial charge in [-0.3, -0.25) is 0 Å². The number of sulfone groups is 1. The van der Waals surface area contributed by atoms with Crippen LogP contribution in [0.25, 0.3) is 0 Å². The van der Waals surface area contributed by atoms with Crippen molar-refractivity contribution >= 4 is 37.4 Å². The molecule has 2 nitrogen and oxygen atoms in total. The largest absolute Gasteiger partial charge is 0.224 e. The average molecular weight is 288 g/mol. The molecule has 1 rings (SSSR count). The van der Waals surface area contributed by atoms with Crippen LogP contribution in [0.2, 0.25) is 5.02 Å². The quantitative estimate of drug-likeness (QED) is 0.744. The van der Waals surface area contributed by atoms with Crippen LogP contribution in [0.5, 0.6) is 0 Å². The molecule has 0 N–H and O–H groups in total. The molecule has 13 heavy (non-hydrogen) atoms. The predicted molar refractivity (Wildman–Crippen MR) is 52.2 cm³/mol. The van der Waals surface area contributed by atoms with E-state index in [4.69, 9.17) is 11.6 Å². The molecule has 0 heterocycles. The van der Waals surface area contributed by atoms with Gasteiger partial charge in [0.1, 0.15) is 4.90 Å². The fourth-order valence-electron chi connectivity index (χ4n) is 0.802. The smallest absolute Gasteiger partial charge is 0.178 e. The minimum absolute atomic E-state index is 0.213. The van der Waals surface area contributed by atoms with Crippen molar-refractivity contribution < 1.29 is 12.8 Å². The van der Waals surface area contributed by atoms with E-state index in [0.717, 1.165) is 6.26 Å². The Labute approximate surface area is 88.8 Å². The van der Waals surface area contributed by atoms with Crippen molar-refractivity contribution in [3.8, 4) is 0 Å². The van der Waals surface area contributed by atoms with Crippen LogP contribution in [-0.2, 0) is 9.84 Å². The van der Waals surface area contributed by atoms with Crippen LogP contribution in [0.1, 0.15) is 0 Å². The zero-order valence-electron chi connectivity index (χ0n) is 6.51. The van der Waals surface area contributed by atoms with Gasteiger partial charge in [0.15, 0.2) is 15.7 Å². The molecule has 1 aromatic rings. The fraction of sp³-hybridized carbons (Fsp3) is 0.143. The van der Waals surface area contributed by atoms with Gasteiger partial charge < -0.3 is 0 Å². The predicted octanol–water partition coefficient (Wildman–Crippen LogP) is 2.65. The third-order valence-electron chi connectivity index (χ3n) is 1.36. The summed E-state index contributed by atoms with van der Waals surface area (Å²) in [5, 5.41) is -0.213. The first-order chi connectivity index (χ1) is 5.82. The average Bonchev–Trinajstić information content (AvgIpc) is 1.94. The lowest BCUT2D eigenvalue weighted by Crippen LogP contribution is -2.01. The van der Waals surface area contributed by atoms with Gasteiger partial charge in [0.2, 0.25) is 0 Å². The molecule has 0 bridgehead atoms. The van der Waals surface area contributed by atoms with Crippen molar-refractivity contribution in [1.82, 2.24) is 0 Å². The van der Waals surface area contributed by atoms with Crippen molar-refractivity contribution in [1.29, 1.82) is 0 Å². The summed E-state index contributed by atoms with van der Waals surface area (Å²) in [6.07, 6.45) is 0.925. The van der Waals surface area contributed by atoms with Crippen molar-refractivity contribution in [3.63, 3.8) is 0 Å². The summed E-state index contributed by atoms with van der Waals surface area (Å²) in [5.74, 6) is -0.910. The van der Waals surface area contributed by atoms with Crippen LogP contribution in [0.15, 0.2) is 21.5 Å². The standard InChI is InChI=1S/C7H5BrClFO2S/c1-13(11,12)6-3-4(8)2-5(9)7(6)10/h2-3H,1H3. The molecule has 0 atom stereocenters. The SMILES string of the molecule is CS(=O)(=O)c1cc(Br)cc(Cl)c1F. The van der Waals surface area contributed by atoms with Gasteiger partial charge in [-0.05, 0) is 12.1 Å². The van der Waals surface area contributed by atoms with Crippen LogP contribution >= 0.6 is 27.5 Å². The van der Waals surface area contributed by atoms with Gasteiger partial charge in [-0.15, -0.1) is 0 Å². The Balaban J connectivity index is 3.56. The van der Waals surface area contributed by atoms with Gasteiger partial charge in [-0.2, -0.15) is 0 Å². The van der Waals surface area contributed by atoms with E-state index in [1.165, 1.54) is 12.1 Å². The van der Waals surface area contributed by atoms with Gasteiger partial charge in [-0.1, -0.05) is 27.5 Å². The van der Waals surface area contributed by atoms with E-state index in [0.29, 0.717) is 4.47 Å². The lowest BCUT2D eigenvalue weighted by Gasteiger charge is -2.02. The second-order valence-corrected chi connectivity index (χ2v) is 5.78. The zero-order chi connectivity index (χ0) is 10.2. The number of rotatable bonds is 1. The number of hydrogen-bond donors (Lipinski definition) is 0. The highest BCUT2D eigenvalue weighted by Crippen LogP contribution is 2.26. The third kappa shape index (κ3) is 2.42. The molecular weight excluding hydrogens is 282 g/mol. The summed E-state index contributed by atoms with van der Waals surface area (Å²) in [7, 11) is -3.57. The minimum atomic E-state index is -3.57. The molecule has 0 radical (unpaired) electrons. The van der Waals surface area contributed by atoms with Crippen molar-refractivity contribution in [2.24, 2.45) is 0 Å². The van der Waals surface area contributed by atoms with Crippen molar-refractivity contribution in [3.05, 3.63) is 27.4 Å². The summed E-state index contributed by atoms with van der Waals surface area (Å²) in [6.45, 7) is 0. The molecule has 72 valence electrons. The number of halogens is 3. The Morgan fingerprint density at radius 2 is 2.00 bits per heavy atom.